The van der Waals surface area contributed by atoms with Crippen LogP contribution in [0, 0.1) is 5.92 Å². The van der Waals surface area contributed by atoms with E-state index in [1.165, 1.54) is 45.2 Å². The molecule has 2 heterocycles. The first-order chi connectivity index (χ1) is 7.24. The number of hydrogen-bond acceptors (Lipinski definition) is 2. The maximum atomic E-state index is 3.46. The van der Waals surface area contributed by atoms with Crippen molar-refractivity contribution in [3.05, 3.63) is 0 Å². The normalized spacial score (nSPS) is 30.4. The third-order valence-electron chi connectivity index (χ3n) is 3.56. The largest absolute Gasteiger partial charge is 0.314 e. The highest BCUT2D eigenvalue weighted by atomic mass is 14.9. The zero-order valence-electron chi connectivity index (χ0n) is 10.7. The van der Waals surface area contributed by atoms with Gasteiger partial charge in [0.2, 0.25) is 0 Å². The van der Waals surface area contributed by atoms with E-state index in [4.69, 9.17) is 0 Å². The van der Waals surface area contributed by atoms with Gasteiger partial charge in [-0.1, -0.05) is 20.8 Å². The standard InChI is InChI=1S/C7H15N.C6H13N.2H2/c1-6(2)7-4-3-5-8-7;1-2-6-4-3-5-7-6;;/h6-8H,3-5H2,1-2H3;6-7H,2-5H2,1H3;2*1H/t7-;6-;;/m11../s1. The van der Waals surface area contributed by atoms with Crippen LogP contribution < -0.4 is 10.6 Å². The zero-order valence-corrected chi connectivity index (χ0v) is 10.7. The van der Waals surface area contributed by atoms with Crippen LogP contribution in [0.2, 0.25) is 0 Å². The predicted molar refractivity (Wildman–Crippen MR) is 71.4 cm³/mol. The van der Waals surface area contributed by atoms with Gasteiger partial charge in [0.05, 0.1) is 0 Å². The molecule has 0 bridgehead atoms. The van der Waals surface area contributed by atoms with Crippen molar-refractivity contribution in [2.24, 2.45) is 5.92 Å². The van der Waals surface area contributed by atoms with E-state index < -0.39 is 0 Å². The molecule has 0 spiro atoms. The van der Waals surface area contributed by atoms with Crippen LogP contribution in [-0.2, 0) is 0 Å². The summed E-state index contributed by atoms with van der Waals surface area (Å²) in [5, 5.41) is 6.86. The molecule has 2 saturated heterocycles. The van der Waals surface area contributed by atoms with Crippen molar-refractivity contribution in [3.8, 4) is 0 Å². The lowest BCUT2D eigenvalue weighted by molar-refractivity contribution is 0.452. The van der Waals surface area contributed by atoms with Gasteiger partial charge >= 0.3 is 0 Å². The summed E-state index contributed by atoms with van der Waals surface area (Å²) in [6, 6.07) is 1.66. The Hall–Kier alpha value is -0.0800. The van der Waals surface area contributed by atoms with Crippen molar-refractivity contribution < 1.29 is 2.85 Å². The molecular weight excluding hydrogens is 184 g/mol. The molecule has 0 saturated carbocycles. The molecule has 2 rings (SSSR count). The molecule has 0 radical (unpaired) electrons. The molecule has 0 aromatic heterocycles. The molecule has 2 aliphatic heterocycles. The lowest BCUT2D eigenvalue weighted by Gasteiger charge is -2.12. The van der Waals surface area contributed by atoms with E-state index in [1.54, 1.807) is 0 Å². The third-order valence-corrected chi connectivity index (χ3v) is 3.56. The Labute approximate surface area is 98.2 Å². The highest BCUT2D eigenvalue weighted by molar-refractivity contribution is 4.76. The van der Waals surface area contributed by atoms with Gasteiger partial charge in [0, 0.05) is 14.9 Å². The third kappa shape index (κ3) is 4.98. The molecule has 2 atom stereocenters. The maximum absolute atomic E-state index is 3.46. The quantitative estimate of drug-likeness (QED) is 0.741. The van der Waals surface area contributed by atoms with Gasteiger partial charge in [-0.05, 0) is 51.1 Å². The molecule has 15 heavy (non-hydrogen) atoms. The van der Waals surface area contributed by atoms with Crippen molar-refractivity contribution in [1.29, 1.82) is 0 Å². The summed E-state index contributed by atoms with van der Waals surface area (Å²) >= 11 is 0. The predicted octanol–water partition coefficient (Wildman–Crippen LogP) is 3.03. The fraction of sp³-hybridized carbons (Fsp3) is 1.00. The van der Waals surface area contributed by atoms with Gasteiger partial charge in [0.1, 0.15) is 0 Å². The van der Waals surface area contributed by atoms with Gasteiger partial charge in [-0.3, -0.25) is 0 Å². The van der Waals surface area contributed by atoms with Crippen molar-refractivity contribution in [2.75, 3.05) is 13.1 Å². The van der Waals surface area contributed by atoms with E-state index in [-0.39, 0.29) is 2.85 Å². The Morgan fingerprint density at radius 1 is 1.13 bits per heavy atom. The van der Waals surface area contributed by atoms with Crippen molar-refractivity contribution in [2.45, 2.75) is 65.0 Å². The Kier molecular flexibility index (Phi) is 6.26. The van der Waals surface area contributed by atoms with E-state index in [9.17, 15) is 0 Å². The Morgan fingerprint density at radius 2 is 1.80 bits per heavy atom. The summed E-state index contributed by atoms with van der Waals surface area (Å²) in [6.45, 7) is 9.29. The maximum Gasteiger partial charge on any atom is 0.00905 e. The second-order valence-electron chi connectivity index (χ2n) is 5.15. The van der Waals surface area contributed by atoms with Gasteiger partial charge in [-0.15, -0.1) is 0 Å². The molecule has 0 amide bonds. The second-order valence-corrected chi connectivity index (χ2v) is 5.15. The summed E-state index contributed by atoms with van der Waals surface area (Å²) < 4.78 is 0. The van der Waals surface area contributed by atoms with Crippen LogP contribution >= 0.6 is 0 Å². The van der Waals surface area contributed by atoms with Crippen molar-refractivity contribution >= 4 is 0 Å². The molecule has 0 aliphatic carbocycles. The smallest absolute Gasteiger partial charge is 0.00905 e. The lowest BCUT2D eigenvalue weighted by Crippen LogP contribution is -2.26. The fourth-order valence-electron chi connectivity index (χ4n) is 2.39. The van der Waals surface area contributed by atoms with E-state index >= 15 is 0 Å². The Balaban J connectivity index is 0. The topological polar surface area (TPSA) is 24.1 Å². The van der Waals surface area contributed by atoms with Crippen LogP contribution in [-0.4, -0.2) is 25.2 Å². The SMILES string of the molecule is CC(C)[C@H]1CCCN1.CC[C@@H]1CCCN1.[HH].[HH]. The molecule has 2 nitrogen and oxygen atoms in total. The van der Waals surface area contributed by atoms with Crippen LogP contribution in [0.15, 0.2) is 0 Å². The molecule has 2 heteroatoms. The fourth-order valence-corrected chi connectivity index (χ4v) is 2.39. The van der Waals surface area contributed by atoms with Crippen LogP contribution in [0.3, 0.4) is 0 Å². The molecule has 0 unspecified atom stereocenters. The van der Waals surface area contributed by atoms with Crippen LogP contribution in [0.1, 0.15) is 55.7 Å². The average molecular weight is 216 g/mol. The van der Waals surface area contributed by atoms with Crippen molar-refractivity contribution in [1.82, 2.24) is 10.6 Å². The first kappa shape index (κ1) is 13.0. The molecule has 2 N–H and O–H groups in total. The molecule has 0 aromatic carbocycles. The molecule has 0 aromatic rings. The van der Waals surface area contributed by atoms with Crippen molar-refractivity contribution in [3.63, 3.8) is 0 Å². The van der Waals surface area contributed by atoms with Crippen LogP contribution in [0.4, 0.5) is 0 Å². The highest BCUT2D eigenvalue weighted by Crippen LogP contribution is 2.12. The zero-order chi connectivity index (χ0) is 11.1. The van der Waals surface area contributed by atoms with Crippen LogP contribution in [0.25, 0.3) is 0 Å². The molecule has 94 valence electrons. The Morgan fingerprint density at radius 3 is 2.07 bits per heavy atom. The van der Waals surface area contributed by atoms with Gasteiger partial charge < -0.3 is 10.6 Å². The van der Waals surface area contributed by atoms with Gasteiger partial charge in [0.25, 0.3) is 0 Å². The lowest BCUT2D eigenvalue weighted by atomic mass is 10.0. The Bertz CT molecular complexity index is 153. The van der Waals surface area contributed by atoms with Gasteiger partial charge in [-0.25, -0.2) is 0 Å². The minimum absolute atomic E-state index is 0. The van der Waals surface area contributed by atoms with Crippen LogP contribution in [0.5, 0.6) is 0 Å². The van der Waals surface area contributed by atoms with E-state index in [2.05, 4.69) is 31.4 Å². The van der Waals surface area contributed by atoms with Gasteiger partial charge in [-0.2, -0.15) is 0 Å². The monoisotopic (exact) mass is 216 g/mol. The van der Waals surface area contributed by atoms with Gasteiger partial charge in [0.15, 0.2) is 0 Å². The summed E-state index contributed by atoms with van der Waals surface area (Å²) in [5.74, 6) is 0.831. The van der Waals surface area contributed by atoms with E-state index in [0.717, 1.165) is 18.0 Å². The molecular formula is C13H32N2. The van der Waals surface area contributed by atoms with E-state index in [0.29, 0.717) is 0 Å². The summed E-state index contributed by atoms with van der Waals surface area (Å²) in [7, 11) is 0. The first-order valence-corrected chi connectivity index (χ1v) is 6.70. The van der Waals surface area contributed by atoms with E-state index in [1.807, 2.05) is 0 Å². The summed E-state index contributed by atoms with van der Waals surface area (Å²) in [5.41, 5.74) is 0. The molecule has 2 aliphatic rings. The second kappa shape index (κ2) is 7.24. The minimum atomic E-state index is 0. The number of rotatable bonds is 2. The average Bonchev–Trinajstić information content (AvgIpc) is 2.92. The summed E-state index contributed by atoms with van der Waals surface area (Å²) in [4.78, 5) is 0. The first-order valence-electron chi connectivity index (χ1n) is 6.70. The summed E-state index contributed by atoms with van der Waals surface area (Å²) in [6.07, 6.45) is 6.86. The highest BCUT2D eigenvalue weighted by Gasteiger charge is 2.16. The number of nitrogens with one attached hydrogen (secondary N) is 2. The molecule has 2 fully saturated rings. The number of hydrogen-bond donors (Lipinski definition) is 2. The minimum Gasteiger partial charge on any atom is -0.314 e.